The van der Waals surface area contributed by atoms with Crippen LogP contribution in [0, 0.1) is 5.92 Å². The fraction of sp³-hybridized carbons (Fsp3) is 0.409. The molecule has 2 aliphatic heterocycles. The van der Waals surface area contributed by atoms with Gasteiger partial charge in [0.2, 0.25) is 17.8 Å². The highest BCUT2D eigenvalue weighted by Crippen LogP contribution is 2.38. The number of rotatable bonds is 3. The molecule has 0 fully saturated rings. The number of aliphatic imine (C=N–C) groups is 1. The minimum atomic E-state index is -0.354. The molecule has 31 heavy (non-hydrogen) atoms. The van der Waals surface area contributed by atoms with Crippen LogP contribution < -0.4 is 4.90 Å². The van der Waals surface area contributed by atoms with Gasteiger partial charge >= 0.3 is 0 Å². The van der Waals surface area contributed by atoms with E-state index in [1.54, 1.807) is 25.2 Å². The molecule has 1 aliphatic carbocycles. The molecular formula is C22H25N7O2. The van der Waals surface area contributed by atoms with Crippen molar-refractivity contribution in [3.05, 3.63) is 36.2 Å². The van der Waals surface area contributed by atoms with Crippen LogP contribution in [-0.2, 0) is 16.1 Å². The molecule has 2 unspecified atom stereocenters. The first kappa shape index (κ1) is 19.5. The Morgan fingerprint density at radius 3 is 2.77 bits per heavy atom. The van der Waals surface area contributed by atoms with Gasteiger partial charge in [-0.25, -0.2) is 4.98 Å². The lowest BCUT2D eigenvalue weighted by Crippen LogP contribution is -2.41. The van der Waals surface area contributed by atoms with E-state index in [4.69, 9.17) is 10.1 Å². The number of allylic oxidation sites excluding steroid dienone is 2. The Kier molecular flexibility index (Phi) is 4.42. The standard InChI is InChI=1S/C22H25N7O2/c1-13(2)29-8-7-18(25-29)19-20(28-10-9-27(14(3)30)22(28)24-19)15-5-6-17-16(11-15)21(31)26(4)12-23-17/h5-8,11-13,16-17H,9-10H2,1-4H3. The van der Waals surface area contributed by atoms with E-state index in [9.17, 15) is 9.59 Å². The molecule has 9 nitrogen and oxygen atoms in total. The van der Waals surface area contributed by atoms with Crippen molar-refractivity contribution >= 4 is 29.7 Å². The molecule has 0 saturated heterocycles. The molecule has 2 aromatic rings. The van der Waals surface area contributed by atoms with Gasteiger partial charge in [-0.2, -0.15) is 5.10 Å². The van der Waals surface area contributed by atoms with Crippen LogP contribution in [0.15, 0.2) is 35.5 Å². The Labute approximate surface area is 180 Å². The molecule has 2 aromatic heterocycles. The number of carbonyl (C=O) groups excluding carboxylic acids is 2. The number of hydrogen-bond donors (Lipinski definition) is 0. The fourth-order valence-electron chi connectivity index (χ4n) is 4.34. The zero-order valence-electron chi connectivity index (χ0n) is 18.1. The van der Waals surface area contributed by atoms with Gasteiger partial charge in [-0.05, 0) is 25.5 Å². The van der Waals surface area contributed by atoms with Crippen molar-refractivity contribution < 1.29 is 9.59 Å². The summed E-state index contributed by atoms with van der Waals surface area (Å²) in [4.78, 5) is 37.4. The maximum atomic E-state index is 12.7. The number of aromatic nitrogens is 4. The normalized spacial score (nSPS) is 22.2. The van der Waals surface area contributed by atoms with Gasteiger partial charge in [0.05, 0.1) is 24.0 Å². The highest BCUT2D eigenvalue weighted by atomic mass is 16.2. The van der Waals surface area contributed by atoms with E-state index in [0.717, 1.165) is 22.7 Å². The minimum Gasteiger partial charge on any atom is -0.307 e. The fourth-order valence-corrected chi connectivity index (χ4v) is 4.34. The van der Waals surface area contributed by atoms with Gasteiger partial charge in [0, 0.05) is 39.3 Å². The second kappa shape index (κ2) is 7.04. The molecule has 160 valence electrons. The lowest BCUT2D eigenvalue weighted by molar-refractivity contribution is -0.129. The van der Waals surface area contributed by atoms with E-state index in [2.05, 4.69) is 23.4 Å². The number of hydrogen-bond acceptors (Lipinski definition) is 5. The Balaban J connectivity index is 1.66. The van der Waals surface area contributed by atoms with Crippen LogP contribution in [0.1, 0.15) is 32.5 Å². The summed E-state index contributed by atoms with van der Waals surface area (Å²) < 4.78 is 3.95. The van der Waals surface area contributed by atoms with Crippen LogP contribution in [0.4, 0.5) is 5.95 Å². The van der Waals surface area contributed by atoms with Crippen molar-refractivity contribution in [2.45, 2.75) is 39.4 Å². The molecule has 0 bridgehead atoms. The molecule has 0 spiro atoms. The first-order valence-electron chi connectivity index (χ1n) is 10.5. The lowest BCUT2D eigenvalue weighted by atomic mass is 9.88. The van der Waals surface area contributed by atoms with Gasteiger partial charge in [-0.15, -0.1) is 0 Å². The molecule has 0 radical (unpaired) electrons. The summed E-state index contributed by atoms with van der Waals surface area (Å²) in [5.41, 5.74) is 3.25. The van der Waals surface area contributed by atoms with E-state index in [1.165, 1.54) is 4.90 Å². The van der Waals surface area contributed by atoms with Crippen LogP contribution >= 0.6 is 0 Å². The molecule has 2 atom stereocenters. The van der Waals surface area contributed by atoms with Crippen LogP contribution in [0.5, 0.6) is 0 Å². The minimum absolute atomic E-state index is 0.0130. The molecule has 9 heteroatoms. The summed E-state index contributed by atoms with van der Waals surface area (Å²) in [5.74, 6) is 0.242. The Bertz CT molecular complexity index is 1170. The van der Waals surface area contributed by atoms with Crippen molar-refractivity contribution in [1.29, 1.82) is 0 Å². The van der Waals surface area contributed by atoms with Crippen molar-refractivity contribution in [2.75, 3.05) is 18.5 Å². The van der Waals surface area contributed by atoms with Gasteiger partial charge in [0.15, 0.2) is 0 Å². The zero-order chi connectivity index (χ0) is 21.9. The first-order valence-corrected chi connectivity index (χ1v) is 10.5. The maximum absolute atomic E-state index is 12.7. The number of fused-ring (bicyclic) bond motifs is 2. The van der Waals surface area contributed by atoms with Gasteiger partial charge < -0.3 is 9.47 Å². The van der Waals surface area contributed by atoms with E-state index < -0.39 is 0 Å². The van der Waals surface area contributed by atoms with Gasteiger partial charge in [-0.1, -0.05) is 18.2 Å². The summed E-state index contributed by atoms with van der Waals surface area (Å²) in [7, 11) is 1.72. The van der Waals surface area contributed by atoms with E-state index >= 15 is 0 Å². The van der Waals surface area contributed by atoms with Gasteiger partial charge in [0.25, 0.3) is 0 Å². The molecule has 0 N–H and O–H groups in total. The van der Waals surface area contributed by atoms with Gasteiger partial charge in [0.1, 0.15) is 11.4 Å². The van der Waals surface area contributed by atoms with Crippen LogP contribution in [0.25, 0.3) is 17.0 Å². The SMILES string of the molecule is CC(=O)N1CCn2c1nc(-c1ccn(C(C)C)n1)c2C1=CC2C(=O)N(C)C=NC2C=C1. The van der Waals surface area contributed by atoms with E-state index in [1.807, 2.05) is 35.2 Å². The highest BCUT2D eigenvalue weighted by Gasteiger charge is 2.36. The Morgan fingerprint density at radius 2 is 2.06 bits per heavy atom. The van der Waals surface area contributed by atoms with E-state index in [-0.39, 0.29) is 29.8 Å². The zero-order valence-corrected chi connectivity index (χ0v) is 18.1. The predicted octanol–water partition coefficient (Wildman–Crippen LogP) is 2.13. The molecular weight excluding hydrogens is 394 g/mol. The summed E-state index contributed by atoms with van der Waals surface area (Å²) in [6, 6.07) is 1.98. The number of carbonyl (C=O) groups is 2. The third kappa shape index (κ3) is 3.03. The van der Waals surface area contributed by atoms with Crippen LogP contribution in [0.2, 0.25) is 0 Å². The monoisotopic (exact) mass is 419 g/mol. The second-order valence-electron chi connectivity index (χ2n) is 8.42. The summed E-state index contributed by atoms with van der Waals surface area (Å²) in [5, 5.41) is 4.71. The topological polar surface area (TPSA) is 88.6 Å². The predicted molar refractivity (Wildman–Crippen MR) is 118 cm³/mol. The number of anilines is 1. The summed E-state index contributed by atoms with van der Waals surface area (Å²) in [6.07, 6.45) is 9.46. The third-order valence-corrected chi connectivity index (χ3v) is 6.01. The second-order valence-corrected chi connectivity index (χ2v) is 8.42. The Hall–Kier alpha value is -3.49. The van der Waals surface area contributed by atoms with Crippen molar-refractivity contribution in [2.24, 2.45) is 10.9 Å². The molecule has 4 heterocycles. The third-order valence-electron chi connectivity index (χ3n) is 6.01. The quantitative estimate of drug-likeness (QED) is 0.762. The summed E-state index contributed by atoms with van der Waals surface area (Å²) in [6.45, 7) is 6.92. The average molecular weight is 419 g/mol. The van der Waals surface area contributed by atoms with Crippen LogP contribution in [0.3, 0.4) is 0 Å². The van der Waals surface area contributed by atoms with Gasteiger partial charge in [-0.3, -0.25) is 24.2 Å². The smallest absolute Gasteiger partial charge is 0.236 e. The van der Waals surface area contributed by atoms with Crippen molar-refractivity contribution in [3.63, 3.8) is 0 Å². The largest absolute Gasteiger partial charge is 0.307 e. The van der Waals surface area contributed by atoms with Crippen molar-refractivity contribution in [1.82, 2.24) is 24.2 Å². The lowest BCUT2D eigenvalue weighted by Gasteiger charge is -2.29. The molecule has 0 aromatic carbocycles. The molecule has 5 rings (SSSR count). The van der Waals surface area contributed by atoms with Crippen molar-refractivity contribution in [3.8, 4) is 11.4 Å². The van der Waals surface area contributed by atoms with E-state index in [0.29, 0.717) is 19.0 Å². The number of imidazole rings is 1. The Morgan fingerprint density at radius 1 is 1.26 bits per heavy atom. The molecule has 2 amide bonds. The molecule has 3 aliphatic rings. The molecule has 0 saturated carbocycles. The summed E-state index contributed by atoms with van der Waals surface area (Å²) >= 11 is 0. The first-order chi connectivity index (χ1) is 14.8. The highest BCUT2D eigenvalue weighted by molar-refractivity contribution is 5.97. The average Bonchev–Trinajstić information content (AvgIpc) is 3.44. The maximum Gasteiger partial charge on any atom is 0.236 e. The number of amides is 2. The number of nitrogens with zero attached hydrogens (tertiary/aromatic N) is 7. The van der Waals surface area contributed by atoms with Crippen LogP contribution in [-0.4, -0.2) is 62.0 Å².